The standard InChI is InChI=1S/C15H19BrFNO2/c1-10-4-2-3-5-13(10)18-15(19)9-20-14-7-6-11(17)8-12(14)16/h6-8,10,13H,2-5,9H2,1H3,(H,18,19)/t10-,13-/m1/s1. The SMILES string of the molecule is C[C@@H]1CCCC[C@H]1NC(=O)COc1ccc(F)cc1Br. The number of amides is 1. The number of hydrogen-bond acceptors (Lipinski definition) is 2. The van der Waals surface area contributed by atoms with Crippen LogP contribution in [0.5, 0.6) is 5.75 Å². The van der Waals surface area contributed by atoms with Crippen LogP contribution in [0.2, 0.25) is 0 Å². The molecule has 1 aliphatic rings. The average molecular weight is 344 g/mol. The van der Waals surface area contributed by atoms with Gasteiger partial charge >= 0.3 is 0 Å². The van der Waals surface area contributed by atoms with Gasteiger partial charge in [0, 0.05) is 6.04 Å². The van der Waals surface area contributed by atoms with Gasteiger partial charge < -0.3 is 10.1 Å². The molecule has 0 bridgehead atoms. The smallest absolute Gasteiger partial charge is 0.258 e. The molecule has 2 rings (SSSR count). The molecular formula is C15H19BrFNO2. The van der Waals surface area contributed by atoms with E-state index >= 15 is 0 Å². The molecule has 1 aromatic carbocycles. The molecule has 1 N–H and O–H groups in total. The first-order chi connectivity index (χ1) is 9.56. The van der Waals surface area contributed by atoms with Crippen LogP contribution in [0.25, 0.3) is 0 Å². The molecule has 20 heavy (non-hydrogen) atoms. The second-order valence-corrected chi connectivity index (χ2v) is 6.15. The monoisotopic (exact) mass is 343 g/mol. The lowest BCUT2D eigenvalue weighted by Gasteiger charge is -2.29. The zero-order chi connectivity index (χ0) is 14.5. The molecule has 5 heteroatoms. The van der Waals surface area contributed by atoms with Crippen LogP contribution in [-0.4, -0.2) is 18.6 Å². The highest BCUT2D eigenvalue weighted by Gasteiger charge is 2.22. The maximum atomic E-state index is 12.9. The Morgan fingerprint density at radius 2 is 2.20 bits per heavy atom. The predicted molar refractivity (Wildman–Crippen MR) is 79.2 cm³/mol. The van der Waals surface area contributed by atoms with Crippen LogP contribution in [0.15, 0.2) is 22.7 Å². The molecule has 1 fully saturated rings. The first-order valence-corrected chi connectivity index (χ1v) is 7.73. The lowest BCUT2D eigenvalue weighted by molar-refractivity contribution is -0.124. The van der Waals surface area contributed by atoms with E-state index < -0.39 is 0 Å². The summed E-state index contributed by atoms with van der Waals surface area (Å²) >= 11 is 3.21. The minimum absolute atomic E-state index is 0.0482. The summed E-state index contributed by atoms with van der Waals surface area (Å²) in [7, 11) is 0. The molecule has 0 aliphatic heterocycles. The molecule has 0 radical (unpaired) electrons. The zero-order valence-electron chi connectivity index (χ0n) is 11.5. The Morgan fingerprint density at radius 1 is 1.45 bits per heavy atom. The molecule has 0 saturated heterocycles. The molecule has 0 aromatic heterocycles. The number of hydrogen-bond donors (Lipinski definition) is 1. The third-order valence-electron chi connectivity index (χ3n) is 3.71. The van der Waals surface area contributed by atoms with Crippen molar-refractivity contribution in [2.24, 2.45) is 5.92 Å². The third-order valence-corrected chi connectivity index (χ3v) is 4.33. The van der Waals surface area contributed by atoms with Gasteiger partial charge in [-0.2, -0.15) is 0 Å². The van der Waals surface area contributed by atoms with Gasteiger partial charge in [-0.25, -0.2) is 4.39 Å². The molecular weight excluding hydrogens is 325 g/mol. The Hall–Kier alpha value is -1.10. The highest BCUT2D eigenvalue weighted by atomic mass is 79.9. The molecule has 3 nitrogen and oxygen atoms in total. The first-order valence-electron chi connectivity index (χ1n) is 6.93. The highest BCUT2D eigenvalue weighted by molar-refractivity contribution is 9.10. The lowest BCUT2D eigenvalue weighted by atomic mass is 9.86. The molecule has 0 spiro atoms. The fraction of sp³-hybridized carbons (Fsp3) is 0.533. The van der Waals surface area contributed by atoms with Crippen molar-refractivity contribution in [2.75, 3.05) is 6.61 Å². The number of carbonyl (C=O) groups is 1. The highest BCUT2D eigenvalue weighted by Crippen LogP contribution is 2.26. The van der Waals surface area contributed by atoms with Crippen molar-refractivity contribution in [3.05, 3.63) is 28.5 Å². The molecule has 0 unspecified atom stereocenters. The summed E-state index contributed by atoms with van der Waals surface area (Å²) in [5.74, 6) is 0.521. The number of halogens is 2. The molecule has 0 heterocycles. The van der Waals surface area contributed by atoms with E-state index in [2.05, 4.69) is 28.2 Å². The Kier molecular flexibility index (Phi) is 5.40. The normalized spacial score (nSPS) is 22.4. The van der Waals surface area contributed by atoms with Crippen molar-refractivity contribution in [1.82, 2.24) is 5.32 Å². The minimum Gasteiger partial charge on any atom is -0.483 e. The largest absolute Gasteiger partial charge is 0.483 e. The lowest BCUT2D eigenvalue weighted by Crippen LogP contribution is -2.43. The van der Waals surface area contributed by atoms with Gasteiger partial charge in [0.1, 0.15) is 11.6 Å². The topological polar surface area (TPSA) is 38.3 Å². The van der Waals surface area contributed by atoms with Crippen molar-refractivity contribution in [2.45, 2.75) is 38.6 Å². The quantitative estimate of drug-likeness (QED) is 0.905. The Morgan fingerprint density at radius 3 is 2.90 bits per heavy atom. The van der Waals surface area contributed by atoms with Crippen LogP contribution in [0, 0.1) is 11.7 Å². The van der Waals surface area contributed by atoms with Crippen molar-refractivity contribution >= 4 is 21.8 Å². The fourth-order valence-corrected chi connectivity index (χ4v) is 2.98. The second-order valence-electron chi connectivity index (χ2n) is 5.30. The van der Waals surface area contributed by atoms with Crippen molar-refractivity contribution in [3.63, 3.8) is 0 Å². The van der Waals surface area contributed by atoms with Crippen LogP contribution in [-0.2, 0) is 4.79 Å². The number of carbonyl (C=O) groups excluding carboxylic acids is 1. The number of nitrogens with one attached hydrogen (secondary N) is 1. The van der Waals surface area contributed by atoms with E-state index in [-0.39, 0.29) is 24.4 Å². The fourth-order valence-electron chi connectivity index (χ4n) is 2.51. The molecule has 1 saturated carbocycles. The van der Waals surface area contributed by atoms with Gasteiger partial charge in [0.05, 0.1) is 4.47 Å². The van der Waals surface area contributed by atoms with Gasteiger partial charge in [-0.1, -0.05) is 19.8 Å². The summed E-state index contributed by atoms with van der Waals surface area (Å²) in [6.45, 7) is 2.12. The summed E-state index contributed by atoms with van der Waals surface area (Å²) in [4.78, 5) is 11.9. The molecule has 2 atom stereocenters. The van der Waals surface area contributed by atoms with E-state index in [1.165, 1.54) is 31.0 Å². The van der Waals surface area contributed by atoms with E-state index in [9.17, 15) is 9.18 Å². The van der Waals surface area contributed by atoms with Gasteiger partial charge in [-0.05, 0) is 52.9 Å². The summed E-state index contributed by atoms with van der Waals surface area (Å²) in [5.41, 5.74) is 0. The third kappa shape index (κ3) is 4.20. The zero-order valence-corrected chi connectivity index (χ0v) is 13.1. The van der Waals surface area contributed by atoms with Crippen molar-refractivity contribution < 1.29 is 13.9 Å². The molecule has 1 amide bonds. The summed E-state index contributed by atoms with van der Waals surface area (Å²) in [6, 6.07) is 4.38. The Balaban J connectivity index is 1.82. The summed E-state index contributed by atoms with van der Waals surface area (Å²) < 4.78 is 18.8. The van der Waals surface area contributed by atoms with Gasteiger partial charge in [-0.15, -0.1) is 0 Å². The van der Waals surface area contributed by atoms with Crippen LogP contribution < -0.4 is 10.1 Å². The van der Waals surface area contributed by atoms with Crippen molar-refractivity contribution in [1.29, 1.82) is 0 Å². The van der Waals surface area contributed by atoms with Crippen LogP contribution in [0.1, 0.15) is 32.6 Å². The molecule has 1 aliphatic carbocycles. The number of benzene rings is 1. The number of rotatable bonds is 4. The summed E-state index contributed by atoms with van der Waals surface area (Å²) in [5, 5.41) is 3.02. The van der Waals surface area contributed by atoms with Gasteiger partial charge in [0.15, 0.2) is 6.61 Å². The Labute approximate surface area is 127 Å². The average Bonchev–Trinajstić information content (AvgIpc) is 2.40. The molecule has 110 valence electrons. The van der Waals surface area contributed by atoms with Crippen LogP contribution in [0.4, 0.5) is 4.39 Å². The maximum Gasteiger partial charge on any atom is 0.258 e. The van der Waals surface area contributed by atoms with E-state index in [1.54, 1.807) is 0 Å². The van der Waals surface area contributed by atoms with Crippen LogP contribution in [0.3, 0.4) is 0 Å². The second kappa shape index (κ2) is 7.07. The first kappa shape index (κ1) is 15.3. The van der Waals surface area contributed by atoms with Gasteiger partial charge in [0.25, 0.3) is 5.91 Å². The summed E-state index contributed by atoms with van der Waals surface area (Å²) in [6.07, 6.45) is 4.61. The maximum absolute atomic E-state index is 12.9. The minimum atomic E-state index is -0.343. The predicted octanol–water partition coefficient (Wildman–Crippen LogP) is 3.66. The van der Waals surface area contributed by atoms with E-state index in [0.29, 0.717) is 16.1 Å². The van der Waals surface area contributed by atoms with E-state index in [1.807, 2.05) is 0 Å². The Bertz CT molecular complexity index is 481. The van der Waals surface area contributed by atoms with Crippen LogP contribution >= 0.6 is 15.9 Å². The van der Waals surface area contributed by atoms with Crippen molar-refractivity contribution in [3.8, 4) is 5.75 Å². The van der Waals surface area contributed by atoms with Gasteiger partial charge in [0.2, 0.25) is 0 Å². The van der Waals surface area contributed by atoms with E-state index in [4.69, 9.17) is 4.74 Å². The number of ether oxygens (including phenoxy) is 1. The van der Waals surface area contributed by atoms with Gasteiger partial charge in [-0.3, -0.25) is 4.79 Å². The molecule has 1 aromatic rings. The van der Waals surface area contributed by atoms with E-state index in [0.717, 1.165) is 12.8 Å².